The van der Waals surface area contributed by atoms with Gasteiger partial charge in [-0.15, -0.1) is 16.4 Å². The number of aromatic nitrogens is 3. The van der Waals surface area contributed by atoms with Crippen LogP contribution in [-0.4, -0.2) is 20.5 Å². The fourth-order valence-electron chi connectivity index (χ4n) is 0.879. The van der Waals surface area contributed by atoms with Gasteiger partial charge < -0.3 is 0 Å². The van der Waals surface area contributed by atoms with E-state index in [4.69, 9.17) is 0 Å². The maximum absolute atomic E-state index is 11.6. The van der Waals surface area contributed by atoms with Gasteiger partial charge in [0.1, 0.15) is 4.88 Å². The minimum Gasteiger partial charge on any atom is -0.297 e. The third-order valence-electron chi connectivity index (χ3n) is 1.51. The van der Waals surface area contributed by atoms with Crippen LogP contribution >= 0.6 is 22.9 Å². The predicted octanol–water partition coefficient (Wildman–Crippen LogP) is 1.56. The zero-order chi connectivity index (χ0) is 9.97. The van der Waals surface area contributed by atoms with Crippen LogP contribution < -0.4 is 5.32 Å². The highest BCUT2D eigenvalue weighted by atomic mass is 32.1. The Morgan fingerprint density at radius 2 is 2.43 bits per heavy atom. The standard InChI is InChI=1S/C7H6N4OS2/c1-4-5(14-11-10-4)6(12)9-7-8-2-3-13-7/h2-3H,1H3,(H,8,9,12). The molecule has 0 bridgehead atoms. The van der Waals surface area contributed by atoms with Gasteiger partial charge in [0.05, 0.1) is 5.69 Å². The molecular formula is C7H6N4OS2. The van der Waals surface area contributed by atoms with Crippen molar-refractivity contribution < 1.29 is 4.79 Å². The average Bonchev–Trinajstić information content (AvgIpc) is 2.75. The Morgan fingerprint density at radius 3 is 3.00 bits per heavy atom. The summed E-state index contributed by atoms with van der Waals surface area (Å²) in [7, 11) is 0. The Kier molecular flexibility index (Phi) is 2.51. The van der Waals surface area contributed by atoms with Crippen molar-refractivity contribution in [3.8, 4) is 0 Å². The van der Waals surface area contributed by atoms with Gasteiger partial charge in [0.2, 0.25) is 0 Å². The van der Waals surface area contributed by atoms with Crippen molar-refractivity contribution >= 4 is 33.9 Å². The van der Waals surface area contributed by atoms with Crippen molar-refractivity contribution in [1.29, 1.82) is 0 Å². The van der Waals surface area contributed by atoms with Gasteiger partial charge in [0, 0.05) is 11.6 Å². The van der Waals surface area contributed by atoms with Gasteiger partial charge in [0.25, 0.3) is 5.91 Å². The second-order valence-corrected chi connectivity index (χ2v) is 4.13. The lowest BCUT2D eigenvalue weighted by Crippen LogP contribution is -2.11. The number of rotatable bonds is 2. The molecule has 0 aromatic carbocycles. The number of aryl methyl sites for hydroxylation is 1. The second-order valence-electron chi connectivity index (χ2n) is 2.48. The molecule has 5 nitrogen and oxygen atoms in total. The lowest BCUT2D eigenvalue weighted by atomic mass is 10.4. The third kappa shape index (κ3) is 1.78. The van der Waals surface area contributed by atoms with Crippen LogP contribution in [0.1, 0.15) is 15.4 Å². The molecule has 0 spiro atoms. The summed E-state index contributed by atoms with van der Waals surface area (Å²) < 4.78 is 3.69. The largest absolute Gasteiger partial charge is 0.297 e. The smallest absolute Gasteiger partial charge is 0.271 e. The van der Waals surface area contributed by atoms with Gasteiger partial charge in [-0.25, -0.2) is 4.98 Å². The van der Waals surface area contributed by atoms with E-state index in [2.05, 4.69) is 19.9 Å². The molecule has 0 unspecified atom stereocenters. The highest BCUT2D eigenvalue weighted by molar-refractivity contribution is 7.14. The molecule has 2 heterocycles. The summed E-state index contributed by atoms with van der Waals surface area (Å²) in [5.74, 6) is -0.201. The molecule has 0 atom stereocenters. The van der Waals surface area contributed by atoms with E-state index in [1.807, 2.05) is 0 Å². The van der Waals surface area contributed by atoms with Crippen LogP contribution in [0.25, 0.3) is 0 Å². The SMILES string of the molecule is Cc1nnsc1C(=O)Nc1nccs1. The first-order chi connectivity index (χ1) is 6.77. The zero-order valence-electron chi connectivity index (χ0n) is 7.22. The summed E-state index contributed by atoms with van der Waals surface area (Å²) in [6.45, 7) is 1.75. The van der Waals surface area contributed by atoms with Gasteiger partial charge in [0.15, 0.2) is 5.13 Å². The minimum absolute atomic E-state index is 0.201. The lowest BCUT2D eigenvalue weighted by Gasteiger charge is -1.97. The van der Waals surface area contributed by atoms with Gasteiger partial charge in [-0.1, -0.05) is 4.49 Å². The number of carbonyl (C=O) groups excluding carboxylic acids is 1. The molecule has 7 heteroatoms. The fraction of sp³-hybridized carbons (Fsp3) is 0.143. The molecule has 2 rings (SSSR count). The monoisotopic (exact) mass is 226 g/mol. The van der Waals surface area contributed by atoms with E-state index in [1.165, 1.54) is 11.3 Å². The molecule has 0 saturated heterocycles. The van der Waals surface area contributed by atoms with E-state index < -0.39 is 0 Å². The van der Waals surface area contributed by atoms with Crippen molar-refractivity contribution in [1.82, 2.24) is 14.6 Å². The Bertz CT molecular complexity index is 436. The van der Waals surface area contributed by atoms with E-state index in [0.29, 0.717) is 15.7 Å². The number of amides is 1. The second kappa shape index (κ2) is 3.81. The molecule has 0 saturated carbocycles. The highest BCUT2D eigenvalue weighted by Crippen LogP contribution is 2.15. The zero-order valence-corrected chi connectivity index (χ0v) is 8.85. The molecule has 0 aliphatic rings. The molecule has 2 aromatic rings. The van der Waals surface area contributed by atoms with Gasteiger partial charge in [-0.2, -0.15) is 0 Å². The number of hydrogen-bond donors (Lipinski definition) is 1. The van der Waals surface area contributed by atoms with Crippen LogP contribution in [0, 0.1) is 6.92 Å². The van der Waals surface area contributed by atoms with Gasteiger partial charge in [-0.05, 0) is 18.5 Å². The normalized spacial score (nSPS) is 10.1. The first-order valence-corrected chi connectivity index (χ1v) is 5.42. The fourth-order valence-corrected chi connectivity index (χ4v) is 1.95. The van der Waals surface area contributed by atoms with E-state index in [1.54, 1.807) is 18.5 Å². The van der Waals surface area contributed by atoms with Gasteiger partial charge in [-0.3, -0.25) is 10.1 Å². The van der Waals surface area contributed by atoms with Crippen molar-refractivity contribution in [3.05, 3.63) is 22.1 Å². The summed E-state index contributed by atoms with van der Waals surface area (Å²) in [6, 6.07) is 0. The molecule has 0 aliphatic heterocycles. The Morgan fingerprint density at radius 1 is 1.57 bits per heavy atom. The molecule has 1 amide bonds. The highest BCUT2D eigenvalue weighted by Gasteiger charge is 2.13. The van der Waals surface area contributed by atoms with Crippen molar-refractivity contribution in [2.75, 3.05) is 5.32 Å². The maximum atomic E-state index is 11.6. The molecule has 14 heavy (non-hydrogen) atoms. The third-order valence-corrected chi connectivity index (χ3v) is 3.03. The quantitative estimate of drug-likeness (QED) is 0.843. The van der Waals surface area contributed by atoms with E-state index in [9.17, 15) is 4.79 Å². The van der Waals surface area contributed by atoms with E-state index in [0.717, 1.165) is 11.5 Å². The lowest BCUT2D eigenvalue weighted by molar-refractivity contribution is 0.103. The number of anilines is 1. The molecular weight excluding hydrogens is 220 g/mol. The summed E-state index contributed by atoms with van der Waals surface area (Å²) in [5, 5.41) is 8.81. The molecule has 0 fully saturated rings. The van der Waals surface area contributed by atoms with Crippen LogP contribution in [0.2, 0.25) is 0 Å². The first kappa shape index (κ1) is 9.22. The maximum Gasteiger partial charge on any atom is 0.271 e. The van der Waals surface area contributed by atoms with Crippen molar-refractivity contribution in [3.63, 3.8) is 0 Å². The molecule has 1 N–H and O–H groups in total. The van der Waals surface area contributed by atoms with Crippen LogP contribution in [0.4, 0.5) is 5.13 Å². The summed E-state index contributed by atoms with van der Waals surface area (Å²) in [6.07, 6.45) is 1.64. The number of carbonyl (C=O) groups is 1. The van der Waals surface area contributed by atoms with Crippen LogP contribution in [-0.2, 0) is 0 Å². The number of hydrogen-bond acceptors (Lipinski definition) is 6. The summed E-state index contributed by atoms with van der Waals surface area (Å²) in [5.41, 5.74) is 0.643. The molecule has 2 aromatic heterocycles. The van der Waals surface area contributed by atoms with E-state index in [-0.39, 0.29) is 5.91 Å². The summed E-state index contributed by atoms with van der Waals surface area (Å²) in [4.78, 5) is 16.1. The summed E-state index contributed by atoms with van der Waals surface area (Å²) >= 11 is 2.46. The predicted molar refractivity (Wildman–Crippen MR) is 54.7 cm³/mol. The molecule has 72 valence electrons. The minimum atomic E-state index is -0.201. The number of thiazole rings is 1. The van der Waals surface area contributed by atoms with E-state index >= 15 is 0 Å². The Balaban J connectivity index is 2.14. The number of nitrogens with zero attached hydrogens (tertiary/aromatic N) is 3. The van der Waals surface area contributed by atoms with Crippen LogP contribution in [0.3, 0.4) is 0 Å². The molecule has 0 aliphatic carbocycles. The topological polar surface area (TPSA) is 67.8 Å². The van der Waals surface area contributed by atoms with Crippen molar-refractivity contribution in [2.24, 2.45) is 0 Å². The Hall–Kier alpha value is -1.34. The Labute approximate surface area is 88.0 Å². The van der Waals surface area contributed by atoms with Crippen LogP contribution in [0.15, 0.2) is 11.6 Å². The number of nitrogens with one attached hydrogen (secondary N) is 1. The average molecular weight is 226 g/mol. The van der Waals surface area contributed by atoms with Crippen molar-refractivity contribution in [2.45, 2.75) is 6.92 Å². The van der Waals surface area contributed by atoms with Crippen LogP contribution in [0.5, 0.6) is 0 Å². The van der Waals surface area contributed by atoms with Gasteiger partial charge >= 0.3 is 0 Å². The molecule has 0 radical (unpaired) electrons. The first-order valence-electron chi connectivity index (χ1n) is 3.77.